The first-order valence-electron chi connectivity index (χ1n) is 6.58. The summed E-state index contributed by atoms with van der Waals surface area (Å²) in [5.74, 6) is -1.12. The maximum Gasteiger partial charge on any atom is 0.219 e. The van der Waals surface area contributed by atoms with E-state index < -0.39 is 11.6 Å². The van der Waals surface area contributed by atoms with Gasteiger partial charge < -0.3 is 10.1 Å². The van der Waals surface area contributed by atoms with Crippen LogP contribution >= 0.6 is 11.6 Å². The van der Waals surface area contributed by atoms with E-state index in [1.807, 2.05) is 0 Å². The fourth-order valence-electron chi connectivity index (χ4n) is 1.74. The Hall–Kier alpha value is -1.72. The van der Waals surface area contributed by atoms with Gasteiger partial charge in [0.15, 0.2) is 0 Å². The standard InChI is InChI=1S/C15H15ClF2N2O/c1-2-5-19-9-14-13(16)3-4-15(20-14)21-12-7-10(17)6-11(18)8-12/h3-4,6-8,19H,2,5,9H2,1H3. The quantitative estimate of drug-likeness (QED) is 0.807. The van der Waals surface area contributed by atoms with Crippen molar-refractivity contribution in [1.29, 1.82) is 0 Å². The van der Waals surface area contributed by atoms with Crippen LogP contribution in [0.1, 0.15) is 19.0 Å². The van der Waals surface area contributed by atoms with Crippen LogP contribution in [0.4, 0.5) is 8.78 Å². The first-order valence-corrected chi connectivity index (χ1v) is 6.96. The number of hydrogen-bond donors (Lipinski definition) is 1. The first kappa shape index (κ1) is 15.7. The lowest BCUT2D eigenvalue weighted by Gasteiger charge is -2.09. The van der Waals surface area contributed by atoms with Crippen LogP contribution in [0.2, 0.25) is 5.02 Å². The van der Waals surface area contributed by atoms with Gasteiger partial charge in [-0.25, -0.2) is 13.8 Å². The molecule has 0 aliphatic carbocycles. The van der Waals surface area contributed by atoms with Crippen molar-refractivity contribution < 1.29 is 13.5 Å². The third-order valence-electron chi connectivity index (χ3n) is 2.67. The van der Waals surface area contributed by atoms with Gasteiger partial charge in [-0.2, -0.15) is 0 Å². The first-order chi connectivity index (χ1) is 10.1. The van der Waals surface area contributed by atoms with Crippen LogP contribution in [0.15, 0.2) is 30.3 Å². The second-order valence-electron chi connectivity index (χ2n) is 4.46. The number of ether oxygens (including phenoxy) is 1. The Morgan fingerprint density at radius 2 is 1.90 bits per heavy atom. The zero-order valence-electron chi connectivity index (χ0n) is 11.5. The summed E-state index contributed by atoms with van der Waals surface area (Å²) in [6, 6.07) is 6.15. The van der Waals surface area contributed by atoms with Gasteiger partial charge in [0, 0.05) is 30.8 Å². The van der Waals surface area contributed by atoms with E-state index in [-0.39, 0.29) is 11.6 Å². The summed E-state index contributed by atoms with van der Waals surface area (Å²) in [6.45, 7) is 3.40. The highest BCUT2D eigenvalue weighted by Crippen LogP contribution is 2.24. The third-order valence-corrected chi connectivity index (χ3v) is 3.01. The van der Waals surface area contributed by atoms with Gasteiger partial charge in [-0.1, -0.05) is 18.5 Å². The second kappa shape index (κ2) is 7.33. The molecule has 0 aliphatic heterocycles. The van der Waals surface area contributed by atoms with E-state index in [0.29, 0.717) is 17.3 Å². The number of hydrogen-bond acceptors (Lipinski definition) is 3. The number of nitrogens with zero attached hydrogens (tertiary/aromatic N) is 1. The van der Waals surface area contributed by atoms with Crippen molar-refractivity contribution in [2.45, 2.75) is 19.9 Å². The zero-order chi connectivity index (χ0) is 15.2. The summed E-state index contributed by atoms with van der Waals surface area (Å²) < 4.78 is 31.6. The Morgan fingerprint density at radius 3 is 2.57 bits per heavy atom. The van der Waals surface area contributed by atoms with Crippen LogP contribution in [0, 0.1) is 11.6 Å². The van der Waals surface area contributed by atoms with Gasteiger partial charge in [0.1, 0.15) is 17.4 Å². The Morgan fingerprint density at radius 1 is 1.19 bits per heavy atom. The molecule has 0 fully saturated rings. The lowest BCUT2D eigenvalue weighted by Crippen LogP contribution is -2.15. The average Bonchev–Trinajstić information content (AvgIpc) is 2.41. The molecule has 2 rings (SSSR count). The lowest BCUT2D eigenvalue weighted by molar-refractivity contribution is 0.448. The fourth-order valence-corrected chi connectivity index (χ4v) is 1.91. The molecular weight excluding hydrogens is 298 g/mol. The third kappa shape index (κ3) is 4.65. The second-order valence-corrected chi connectivity index (χ2v) is 4.87. The highest BCUT2D eigenvalue weighted by molar-refractivity contribution is 6.31. The maximum absolute atomic E-state index is 13.1. The molecule has 0 saturated heterocycles. The molecule has 0 unspecified atom stereocenters. The van der Waals surface area contributed by atoms with Crippen LogP contribution in [-0.2, 0) is 6.54 Å². The summed E-state index contributed by atoms with van der Waals surface area (Å²) in [7, 11) is 0. The molecule has 1 aromatic heterocycles. The summed E-state index contributed by atoms with van der Waals surface area (Å²) in [4.78, 5) is 4.24. The SMILES string of the molecule is CCCNCc1nc(Oc2cc(F)cc(F)c2)ccc1Cl. The average molecular weight is 313 g/mol. The predicted molar refractivity (Wildman–Crippen MR) is 77.7 cm³/mol. The van der Waals surface area contributed by atoms with Crippen molar-refractivity contribution in [2.75, 3.05) is 6.54 Å². The Bertz CT molecular complexity index is 602. The van der Waals surface area contributed by atoms with E-state index in [9.17, 15) is 8.78 Å². The topological polar surface area (TPSA) is 34.2 Å². The normalized spacial score (nSPS) is 10.7. The molecule has 0 radical (unpaired) electrons. The van der Waals surface area contributed by atoms with Gasteiger partial charge in [-0.05, 0) is 19.0 Å². The molecule has 0 aliphatic rings. The molecule has 0 amide bonds. The van der Waals surface area contributed by atoms with Crippen molar-refractivity contribution in [2.24, 2.45) is 0 Å². The number of rotatable bonds is 6. The van der Waals surface area contributed by atoms with Crippen LogP contribution < -0.4 is 10.1 Å². The monoisotopic (exact) mass is 312 g/mol. The molecule has 0 spiro atoms. The van der Waals surface area contributed by atoms with E-state index in [4.69, 9.17) is 16.3 Å². The highest BCUT2D eigenvalue weighted by atomic mass is 35.5. The minimum atomic E-state index is -0.705. The van der Waals surface area contributed by atoms with E-state index in [2.05, 4.69) is 17.2 Å². The molecule has 21 heavy (non-hydrogen) atoms. The van der Waals surface area contributed by atoms with E-state index in [1.54, 1.807) is 12.1 Å². The molecule has 6 heteroatoms. The number of benzene rings is 1. The molecule has 0 atom stereocenters. The molecule has 3 nitrogen and oxygen atoms in total. The maximum atomic E-state index is 13.1. The van der Waals surface area contributed by atoms with Gasteiger partial charge in [0.25, 0.3) is 0 Å². The van der Waals surface area contributed by atoms with Crippen molar-refractivity contribution in [1.82, 2.24) is 10.3 Å². The summed E-state index contributed by atoms with van der Waals surface area (Å²) >= 11 is 6.05. The van der Waals surface area contributed by atoms with Crippen molar-refractivity contribution in [3.63, 3.8) is 0 Å². The Labute approximate surface area is 126 Å². The predicted octanol–water partition coefficient (Wildman–Crippen LogP) is 4.31. The van der Waals surface area contributed by atoms with Crippen LogP contribution in [0.3, 0.4) is 0 Å². The largest absolute Gasteiger partial charge is 0.439 e. The summed E-state index contributed by atoms with van der Waals surface area (Å²) in [5, 5.41) is 3.69. The number of aromatic nitrogens is 1. The van der Waals surface area contributed by atoms with Gasteiger partial charge in [-0.15, -0.1) is 0 Å². The van der Waals surface area contributed by atoms with Crippen molar-refractivity contribution in [3.8, 4) is 11.6 Å². The molecule has 1 aromatic carbocycles. The van der Waals surface area contributed by atoms with E-state index >= 15 is 0 Å². The molecule has 0 saturated carbocycles. The van der Waals surface area contributed by atoms with E-state index in [0.717, 1.165) is 31.2 Å². The lowest BCUT2D eigenvalue weighted by atomic mass is 10.3. The zero-order valence-corrected chi connectivity index (χ0v) is 12.3. The Kier molecular flexibility index (Phi) is 5.47. The molecule has 112 valence electrons. The van der Waals surface area contributed by atoms with Crippen LogP contribution in [0.25, 0.3) is 0 Å². The molecule has 1 heterocycles. The minimum Gasteiger partial charge on any atom is -0.439 e. The number of nitrogens with one attached hydrogen (secondary N) is 1. The van der Waals surface area contributed by atoms with E-state index in [1.165, 1.54) is 0 Å². The van der Waals surface area contributed by atoms with Gasteiger partial charge in [-0.3, -0.25) is 0 Å². The highest BCUT2D eigenvalue weighted by Gasteiger charge is 2.07. The molecule has 1 N–H and O–H groups in total. The summed E-state index contributed by atoms with van der Waals surface area (Å²) in [6.07, 6.45) is 0.996. The van der Waals surface area contributed by atoms with Crippen molar-refractivity contribution in [3.05, 3.63) is 52.7 Å². The molecule has 0 bridgehead atoms. The van der Waals surface area contributed by atoms with Crippen LogP contribution in [-0.4, -0.2) is 11.5 Å². The van der Waals surface area contributed by atoms with Crippen LogP contribution in [0.5, 0.6) is 11.6 Å². The van der Waals surface area contributed by atoms with Gasteiger partial charge in [0.05, 0.1) is 10.7 Å². The Balaban J connectivity index is 2.14. The van der Waals surface area contributed by atoms with Gasteiger partial charge in [0.2, 0.25) is 5.88 Å². The molecule has 2 aromatic rings. The van der Waals surface area contributed by atoms with Crippen molar-refractivity contribution >= 4 is 11.6 Å². The fraction of sp³-hybridized carbons (Fsp3) is 0.267. The molecular formula is C15H15ClF2N2O. The number of halogens is 3. The summed E-state index contributed by atoms with van der Waals surface area (Å²) in [5.41, 5.74) is 0.625. The number of pyridine rings is 1. The minimum absolute atomic E-state index is 0.0507. The smallest absolute Gasteiger partial charge is 0.219 e. The van der Waals surface area contributed by atoms with Gasteiger partial charge >= 0.3 is 0 Å².